The second-order valence-corrected chi connectivity index (χ2v) is 10.1. The van der Waals surface area contributed by atoms with Crippen molar-refractivity contribution in [3.05, 3.63) is 113 Å². The molecule has 3 aromatic carbocycles. The van der Waals surface area contributed by atoms with E-state index in [2.05, 4.69) is 26.7 Å². The molecule has 2 amide bonds. The number of carbonyl (C=O) groups is 2. The van der Waals surface area contributed by atoms with Gasteiger partial charge in [-0.25, -0.2) is 4.98 Å². The Hall–Kier alpha value is -5.14. The highest BCUT2D eigenvalue weighted by molar-refractivity contribution is 6.00. The van der Waals surface area contributed by atoms with Gasteiger partial charge in [0, 0.05) is 30.6 Å². The van der Waals surface area contributed by atoms with E-state index < -0.39 is 17.9 Å². The molecule has 1 aliphatic heterocycles. The third kappa shape index (κ3) is 6.59. The maximum absolute atomic E-state index is 13.5. The summed E-state index contributed by atoms with van der Waals surface area (Å²) in [5.74, 6) is 0.108. The van der Waals surface area contributed by atoms with Crippen molar-refractivity contribution in [3.8, 4) is 17.6 Å². The van der Waals surface area contributed by atoms with Gasteiger partial charge in [0.15, 0.2) is 0 Å². The number of aromatic nitrogens is 2. The lowest BCUT2D eigenvalue weighted by atomic mass is 9.94. The van der Waals surface area contributed by atoms with Gasteiger partial charge in [0.05, 0.1) is 49.0 Å². The molecule has 10 heteroatoms. The average molecular weight is 565 g/mol. The highest BCUT2D eigenvalue weighted by Crippen LogP contribution is 2.37. The first-order valence-electron chi connectivity index (χ1n) is 13.7. The Labute approximate surface area is 243 Å². The predicted octanol–water partition coefficient (Wildman–Crippen LogP) is 3.51. The summed E-state index contributed by atoms with van der Waals surface area (Å²) in [6.45, 7) is 0.409. The monoisotopic (exact) mass is 564 g/mol. The number of fused-ring (bicyclic) bond motifs is 1. The van der Waals surface area contributed by atoms with Gasteiger partial charge in [-0.3, -0.25) is 9.59 Å². The van der Waals surface area contributed by atoms with Crippen LogP contribution >= 0.6 is 0 Å². The second-order valence-electron chi connectivity index (χ2n) is 10.1. The van der Waals surface area contributed by atoms with Crippen LogP contribution in [0.4, 0.5) is 0 Å². The molecule has 2 heterocycles. The van der Waals surface area contributed by atoms with Gasteiger partial charge in [0.2, 0.25) is 5.91 Å². The van der Waals surface area contributed by atoms with E-state index in [-0.39, 0.29) is 18.5 Å². The Morgan fingerprint density at radius 3 is 2.52 bits per heavy atom. The molecule has 0 bridgehead atoms. The van der Waals surface area contributed by atoms with E-state index in [4.69, 9.17) is 20.5 Å². The molecule has 0 radical (unpaired) electrons. The van der Waals surface area contributed by atoms with Crippen LogP contribution in [0.25, 0.3) is 0 Å². The van der Waals surface area contributed by atoms with Crippen LogP contribution < -0.4 is 25.8 Å². The van der Waals surface area contributed by atoms with Crippen LogP contribution in [0, 0.1) is 11.3 Å². The molecule has 0 aliphatic carbocycles. The summed E-state index contributed by atoms with van der Waals surface area (Å²) in [5, 5.41) is 15.7. The van der Waals surface area contributed by atoms with Gasteiger partial charge in [-0.05, 0) is 47.9 Å². The molecular weight excluding hydrogens is 532 g/mol. The van der Waals surface area contributed by atoms with Crippen LogP contribution in [0.2, 0.25) is 0 Å². The molecule has 10 nitrogen and oxygen atoms in total. The topological polar surface area (TPSA) is 155 Å². The van der Waals surface area contributed by atoms with Crippen LogP contribution in [0.3, 0.4) is 0 Å². The zero-order valence-corrected chi connectivity index (χ0v) is 23.2. The molecule has 0 saturated carbocycles. The van der Waals surface area contributed by atoms with E-state index in [1.807, 2.05) is 48.5 Å². The minimum atomic E-state index is -0.906. The van der Waals surface area contributed by atoms with Crippen molar-refractivity contribution in [2.75, 3.05) is 13.7 Å². The fourth-order valence-corrected chi connectivity index (χ4v) is 5.14. The number of aromatic amines is 1. The molecule has 2 unspecified atom stereocenters. The number of hydrogen-bond acceptors (Lipinski definition) is 7. The van der Waals surface area contributed by atoms with Crippen LogP contribution in [0.5, 0.6) is 11.5 Å². The quantitative estimate of drug-likeness (QED) is 0.217. The molecule has 5 N–H and O–H groups in total. The number of nitrogens with zero attached hydrogens (tertiary/aromatic N) is 2. The number of H-pyrrole nitrogens is 1. The number of imidazole rings is 1. The Morgan fingerprint density at radius 2 is 1.86 bits per heavy atom. The molecule has 42 heavy (non-hydrogen) atoms. The number of ether oxygens (including phenoxy) is 2. The number of amides is 2. The summed E-state index contributed by atoms with van der Waals surface area (Å²) in [6, 6.07) is 21.2. The first-order chi connectivity index (χ1) is 20.4. The van der Waals surface area contributed by atoms with Gasteiger partial charge < -0.3 is 30.8 Å². The van der Waals surface area contributed by atoms with Crippen LogP contribution in [-0.2, 0) is 17.6 Å². The zero-order valence-electron chi connectivity index (χ0n) is 23.2. The number of nitriles is 1. The lowest BCUT2D eigenvalue weighted by Gasteiger charge is -2.31. The third-order valence-corrected chi connectivity index (χ3v) is 7.39. The summed E-state index contributed by atoms with van der Waals surface area (Å²) in [6.07, 6.45) is 5.03. The second kappa shape index (κ2) is 13.0. The smallest absolute Gasteiger partial charge is 0.255 e. The van der Waals surface area contributed by atoms with Gasteiger partial charge in [0.1, 0.15) is 17.5 Å². The highest BCUT2D eigenvalue weighted by Gasteiger charge is 2.30. The van der Waals surface area contributed by atoms with E-state index in [9.17, 15) is 9.59 Å². The van der Waals surface area contributed by atoms with Crippen LogP contribution in [0.15, 0.2) is 79.3 Å². The summed E-state index contributed by atoms with van der Waals surface area (Å²) in [5.41, 5.74) is 10.3. The lowest BCUT2D eigenvalue weighted by molar-refractivity contribution is -0.119. The van der Waals surface area contributed by atoms with E-state index in [0.717, 1.165) is 22.4 Å². The van der Waals surface area contributed by atoms with Crippen molar-refractivity contribution in [2.24, 2.45) is 5.73 Å². The highest BCUT2D eigenvalue weighted by atomic mass is 16.5. The van der Waals surface area contributed by atoms with Gasteiger partial charge in [0.25, 0.3) is 5.91 Å². The first kappa shape index (κ1) is 28.4. The SMILES string of the molecule is COc1ccc(C[C@H](NC(=O)c2cccc3c2OCCC3NC(Cc2ccc(C#N)cc2)c2cnc[nH]2)C(N)=O)cc1. The van der Waals surface area contributed by atoms with Gasteiger partial charge in [-0.1, -0.05) is 36.4 Å². The average Bonchev–Trinajstić information content (AvgIpc) is 3.56. The van der Waals surface area contributed by atoms with Crippen molar-refractivity contribution in [3.63, 3.8) is 0 Å². The number of carbonyl (C=O) groups excluding carboxylic acids is 2. The summed E-state index contributed by atoms with van der Waals surface area (Å²) >= 11 is 0. The molecule has 1 aromatic heterocycles. The zero-order chi connectivity index (χ0) is 29.5. The first-order valence-corrected chi connectivity index (χ1v) is 13.7. The molecule has 4 aromatic rings. The molecular formula is C32H32N6O4. The van der Waals surface area contributed by atoms with E-state index in [1.54, 1.807) is 37.8 Å². The maximum atomic E-state index is 13.5. The summed E-state index contributed by atoms with van der Waals surface area (Å²) in [4.78, 5) is 33.1. The van der Waals surface area contributed by atoms with E-state index >= 15 is 0 Å². The van der Waals surface area contributed by atoms with Gasteiger partial charge in [-0.2, -0.15) is 5.26 Å². The Balaban J connectivity index is 1.35. The maximum Gasteiger partial charge on any atom is 0.255 e. The van der Waals surface area contributed by atoms with Crippen LogP contribution in [0.1, 0.15) is 56.8 Å². The van der Waals surface area contributed by atoms with Crippen molar-refractivity contribution in [2.45, 2.75) is 37.4 Å². The number of rotatable bonds is 11. The predicted molar refractivity (Wildman–Crippen MR) is 156 cm³/mol. The summed E-state index contributed by atoms with van der Waals surface area (Å²) < 4.78 is 11.2. The number of hydrogen-bond donors (Lipinski definition) is 4. The Kier molecular flexibility index (Phi) is 8.80. The number of para-hydroxylation sites is 1. The molecule has 3 atom stereocenters. The molecule has 1 aliphatic rings. The van der Waals surface area contributed by atoms with Gasteiger partial charge in [-0.15, -0.1) is 0 Å². The molecule has 0 saturated heterocycles. The number of benzene rings is 3. The van der Waals surface area contributed by atoms with E-state index in [0.29, 0.717) is 42.1 Å². The molecule has 214 valence electrons. The van der Waals surface area contributed by atoms with E-state index in [1.165, 1.54) is 0 Å². The standard InChI is InChI=1S/C32H32N6O4/c1-41-23-11-9-21(10-12-23)16-28(31(34)39)38-32(40)25-4-2-3-24-26(13-14-42-30(24)25)37-27(29-18-35-19-36-29)15-20-5-7-22(17-33)8-6-20/h2-12,18-19,26-28,37H,13-16H2,1H3,(H2,34,39)(H,35,36)(H,38,40)/t26?,27?,28-/m0/s1. The van der Waals surface area contributed by atoms with Crippen molar-refractivity contribution in [1.82, 2.24) is 20.6 Å². The number of nitrogens with one attached hydrogen (secondary N) is 3. The van der Waals surface area contributed by atoms with Crippen molar-refractivity contribution in [1.29, 1.82) is 5.26 Å². The Bertz CT molecular complexity index is 1560. The summed E-state index contributed by atoms with van der Waals surface area (Å²) in [7, 11) is 1.58. The number of nitrogens with two attached hydrogens (primary N) is 1. The van der Waals surface area contributed by atoms with Crippen molar-refractivity contribution < 1.29 is 19.1 Å². The number of primary amides is 1. The normalized spacial score (nSPS) is 15.4. The molecule has 5 rings (SSSR count). The minimum Gasteiger partial charge on any atom is -0.497 e. The number of methoxy groups -OCH3 is 1. The minimum absolute atomic E-state index is 0.112. The Morgan fingerprint density at radius 1 is 1.12 bits per heavy atom. The van der Waals surface area contributed by atoms with Crippen molar-refractivity contribution >= 4 is 11.8 Å². The van der Waals surface area contributed by atoms with Gasteiger partial charge >= 0.3 is 0 Å². The lowest BCUT2D eigenvalue weighted by Crippen LogP contribution is -2.46. The molecule has 0 fully saturated rings. The largest absolute Gasteiger partial charge is 0.497 e. The third-order valence-electron chi connectivity index (χ3n) is 7.39. The fraction of sp³-hybridized carbons (Fsp3) is 0.250. The molecule has 0 spiro atoms. The van der Waals surface area contributed by atoms with Crippen LogP contribution in [-0.4, -0.2) is 41.5 Å². The fourth-order valence-electron chi connectivity index (χ4n) is 5.14.